The summed E-state index contributed by atoms with van der Waals surface area (Å²) in [5, 5.41) is 0. The summed E-state index contributed by atoms with van der Waals surface area (Å²) >= 11 is 5.58. The van der Waals surface area contributed by atoms with Crippen LogP contribution >= 0.6 is 11.6 Å². The zero-order chi connectivity index (χ0) is 19.9. The van der Waals surface area contributed by atoms with Crippen LogP contribution in [0.3, 0.4) is 0 Å². The molecule has 5 aliphatic carbocycles. The van der Waals surface area contributed by atoms with E-state index in [0.717, 1.165) is 37.5 Å². The van der Waals surface area contributed by atoms with Crippen LogP contribution in [0.5, 0.6) is 0 Å². The van der Waals surface area contributed by atoms with Crippen molar-refractivity contribution in [1.29, 1.82) is 0 Å². The van der Waals surface area contributed by atoms with E-state index < -0.39 is 11.6 Å². The molecule has 2 spiro atoms. The second kappa shape index (κ2) is 8.12. The Morgan fingerprint density at radius 1 is 0.931 bits per heavy atom. The van der Waals surface area contributed by atoms with Crippen molar-refractivity contribution in [3.63, 3.8) is 0 Å². The van der Waals surface area contributed by atoms with Gasteiger partial charge >= 0.3 is 5.97 Å². The monoisotopic (exact) mass is 426 g/mol. The molecule has 6 rings (SSSR count). The molecule has 1 aliphatic heterocycles. The van der Waals surface area contributed by atoms with Crippen LogP contribution in [-0.2, 0) is 29.1 Å². The molecule has 6 fully saturated rings. The number of hydrogen-bond donors (Lipinski definition) is 0. The Morgan fingerprint density at radius 2 is 1.55 bits per heavy atom. The topological polar surface area (TPSA) is 63.2 Å². The van der Waals surface area contributed by atoms with Crippen molar-refractivity contribution in [2.24, 2.45) is 29.6 Å². The van der Waals surface area contributed by atoms with Gasteiger partial charge in [0.05, 0.1) is 12.5 Å². The fourth-order valence-corrected chi connectivity index (χ4v) is 6.54. The third-order valence-electron chi connectivity index (χ3n) is 7.79. The highest BCUT2D eigenvalue weighted by Crippen LogP contribution is 2.61. The highest BCUT2D eigenvalue weighted by Gasteiger charge is 2.64. The van der Waals surface area contributed by atoms with Gasteiger partial charge in [-0.25, -0.2) is 0 Å². The lowest BCUT2D eigenvalue weighted by molar-refractivity contribution is -0.680. The second-order valence-corrected chi connectivity index (χ2v) is 9.93. The average Bonchev–Trinajstić information content (AvgIpc) is 2.73. The second-order valence-electron chi connectivity index (χ2n) is 9.63. The maximum atomic E-state index is 12.3. The number of ether oxygens (including phenoxy) is 1. The van der Waals surface area contributed by atoms with Crippen molar-refractivity contribution >= 4 is 17.6 Å². The van der Waals surface area contributed by atoms with Crippen LogP contribution in [0.25, 0.3) is 0 Å². The SMILES string of the molecule is O=C(OCC/C=C/CCl)C1CCC2(CC1)OOC1(OO2)C2CC3CC(C2)CC1C3. The highest BCUT2D eigenvalue weighted by atomic mass is 35.5. The predicted octanol–water partition coefficient (Wildman–Crippen LogP) is 4.66. The van der Waals surface area contributed by atoms with E-state index in [-0.39, 0.29) is 11.9 Å². The van der Waals surface area contributed by atoms with Gasteiger partial charge in [-0.15, -0.1) is 11.6 Å². The summed E-state index contributed by atoms with van der Waals surface area (Å²) in [6, 6.07) is 0. The minimum Gasteiger partial charge on any atom is -0.465 e. The molecule has 0 unspecified atom stereocenters. The molecule has 0 aromatic heterocycles. The molecular weight excluding hydrogens is 396 g/mol. The lowest BCUT2D eigenvalue weighted by Crippen LogP contribution is -2.64. The first kappa shape index (κ1) is 20.3. The predicted molar refractivity (Wildman–Crippen MR) is 104 cm³/mol. The van der Waals surface area contributed by atoms with Crippen LogP contribution < -0.4 is 0 Å². The normalized spacial score (nSPS) is 46.0. The van der Waals surface area contributed by atoms with Crippen molar-refractivity contribution in [3.8, 4) is 0 Å². The van der Waals surface area contributed by atoms with Gasteiger partial charge in [0.15, 0.2) is 0 Å². The number of rotatable bonds is 5. The molecule has 0 aromatic rings. The van der Waals surface area contributed by atoms with Gasteiger partial charge in [0, 0.05) is 30.6 Å². The lowest BCUT2D eigenvalue weighted by atomic mass is 9.53. The van der Waals surface area contributed by atoms with E-state index >= 15 is 0 Å². The first-order valence-electron chi connectivity index (χ1n) is 11.2. The Labute approximate surface area is 177 Å². The molecule has 4 bridgehead atoms. The van der Waals surface area contributed by atoms with Gasteiger partial charge in [-0.3, -0.25) is 4.79 Å². The van der Waals surface area contributed by atoms with E-state index in [1.807, 2.05) is 12.2 Å². The minimum atomic E-state index is -0.889. The molecule has 6 nitrogen and oxygen atoms in total. The Balaban J connectivity index is 1.11. The van der Waals surface area contributed by atoms with Gasteiger partial charge in [0.25, 0.3) is 0 Å². The third-order valence-corrected chi connectivity index (χ3v) is 7.97. The largest absolute Gasteiger partial charge is 0.465 e. The lowest BCUT2D eigenvalue weighted by Gasteiger charge is -2.60. The molecule has 0 N–H and O–H groups in total. The molecular formula is C22H31ClO6. The fourth-order valence-electron chi connectivity index (χ4n) is 6.41. The smallest absolute Gasteiger partial charge is 0.308 e. The van der Waals surface area contributed by atoms with Gasteiger partial charge < -0.3 is 4.74 Å². The minimum absolute atomic E-state index is 0.123. The number of carbonyl (C=O) groups excluding carboxylic acids is 1. The van der Waals surface area contributed by atoms with Crippen LogP contribution in [0.15, 0.2) is 12.2 Å². The fraction of sp³-hybridized carbons (Fsp3) is 0.864. The number of esters is 1. The zero-order valence-corrected chi connectivity index (χ0v) is 17.6. The first-order chi connectivity index (χ1) is 14.1. The Bertz CT molecular complexity index is 601. The van der Waals surface area contributed by atoms with Crippen molar-refractivity contribution in [1.82, 2.24) is 0 Å². The maximum absolute atomic E-state index is 12.3. The average molecular weight is 427 g/mol. The number of alkyl halides is 1. The van der Waals surface area contributed by atoms with E-state index in [0.29, 0.717) is 56.4 Å². The summed E-state index contributed by atoms with van der Waals surface area (Å²) in [6.45, 7) is 0.389. The van der Waals surface area contributed by atoms with Gasteiger partial charge in [-0.05, 0) is 63.2 Å². The van der Waals surface area contributed by atoms with Gasteiger partial charge in [-0.1, -0.05) is 12.2 Å². The third kappa shape index (κ3) is 3.76. The molecule has 0 aromatic carbocycles. The molecule has 0 atom stereocenters. The first-order valence-corrected chi connectivity index (χ1v) is 11.8. The Kier molecular flexibility index (Phi) is 5.67. The van der Waals surface area contributed by atoms with E-state index in [2.05, 4.69) is 0 Å². The van der Waals surface area contributed by atoms with E-state index in [1.165, 1.54) is 6.42 Å². The highest BCUT2D eigenvalue weighted by molar-refractivity contribution is 6.18. The van der Waals surface area contributed by atoms with E-state index in [9.17, 15) is 4.79 Å². The van der Waals surface area contributed by atoms with Crippen molar-refractivity contribution in [3.05, 3.63) is 12.2 Å². The molecule has 5 saturated carbocycles. The van der Waals surface area contributed by atoms with Crippen LogP contribution in [-0.4, -0.2) is 30.0 Å². The van der Waals surface area contributed by atoms with E-state index in [4.69, 9.17) is 35.9 Å². The van der Waals surface area contributed by atoms with Crippen LogP contribution in [0, 0.1) is 29.6 Å². The Hall–Kier alpha value is -0.660. The summed E-state index contributed by atoms with van der Waals surface area (Å²) in [6.07, 6.45) is 12.9. The standard InChI is InChI=1S/C22H31ClO6/c23-8-2-1-3-9-25-20(24)17-4-6-21(7-5-17)26-28-22(29-27-21)18-11-15-10-16(13-18)14-19(22)12-15/h1-2,15-19H,3-14H2/b2-1+. The molecule has 6 aliphatic rings. The molecule has 29 heavy (non-hydrogen) atoms. The van der Waals surface area contributed by atoms with Crippen LogP contribution in [0.2, 0.25) is 0 Å². The number of carbonyl (C=O) groups is 1. The number of allylic oxidation sites excluding steroid dienone is 1. The summed E-state index contributed by atoms with van der Waals surface area (Å²) in [4.78, 5) is 36.2. The van der Waals surface area contributed by atoms with Crippen molar-refractivity contribution < 1.29 is 29.1 Å². The van der Waals surface area contributed by atoms with Crippen molar-refractivity contribution in [2.75, 3.05) is 12.5 Å². The zero-order valence-electron chi connectivity index (χ0n) is 16.9. The van der Waals surface area contributed by atoms with Crippen LogP contribution in [0.4, 0.5) is 0 Å². The summed E-state index contributed by atoms with van der Waals surface area (Å²) in [5.74, 6) is 0.982. The number of halogens is 1. The van der Waals surface area contributed by atoms with Crippen molar-refractivity contribution in [2.45, 2.75) is 75.8 Å². The van der Waals surface area contributed by atoms with E-state index in [1.54, 1.807) is 0 Å². The molecule has 7 heteroatoms. The van der Waals surface area contributed by atoms with Gasteiger partial charge in [-0.2, -0.15) is 19.6 Å². The molecule has 0 radical (unpaired) electrons. The Morgan fingerprint density at radius 3 is 2.14 bits per heavy atom. The quantitative estimate of drug-likeness (QED) is 0.209. The molecule has 1 saturated heterocycles. The summed E-state index contributed by atoms with van der Waals surface area (Å²) in [5.41, 5.74) is 0. The molecule has 0 amide bonds. The summed E-state index contributed by atoms with van der Waals surface area (Å²) in [7, 11) is 0. The summed E-state index contributed by atoms with van der Waals surface area (Å²) < 4.78 is 5.38. The molecule has 1 heterocycles. The van der Waals surface area contributed by atoms with Crippen LogP contribution in [0.1, 0.15) is 64.2 Å². The molecule has 162 valence electrons. The van der Waals surface area contributed by atoms with Gasteiger partial charge in [0.1, 0.15) is 0 Å². The maximum Gasteiger partial charge on any atom is 0.308 e. The number of hydrogen-bond acceptors (Lipinski definition) is 6. The van der Waals surface area contributed by atoms with Gasteiger partial charge in [0.2, 0.25) is 11.6 Å².